The maximum atomic E-state index is 14.0. The van der Waals surface area contributed by atoms with Crippen LogP contribution in [0.4, 0.5) is 0 Å². The summed E-state index contributed by atoms with van der Waals surface area (Å²) in [6, 6.07) is 21.7. The summed E-state index contributed by atoms with van der Waals surface area (Å²) in [5.74, 6) is -0.0580. The monoisotopic (exact) mass is 602 g/mol. The number of fused-ring (bicyclic) bond motifs is 3. The normalized spacial score (nSPS) is 11.4. The van der Waals surface area contributed by atoms with Gasteiger partial charge in [-0.05, 0) is 56.7 Å². The number of ether oxygens (including phenoxy) is 3. The Morgan fingerprint density at radius 2 is 1.60 bits per heavy atom. The van der Waals surface area contributed by atoms with Crippen LogP contribution >= 0.6 is 0 Å². The number of nitrogens with zero attached hydrogens (tertiary/aromatic N) is 2. The van der Waals surface area contributed by atoms with Crippen molar-refractivity contribution < 1.29 is 27.4 Å². The number of carbonyl (C=O) groups is 1. The van der Waals surface area contributed by atoms with Crippen LogP contribution in [0.3, 0.4) is 0 Å². The van der Waals surface area contributed by atoms with Crippen LogP contribution in [0.5, 0.6) is 5.75 Å². The molecule has 2 aromatic heterocycles. The standard InChI is InChI=1S/C31H30N2O6S.C3H8/c1-20(2)39-31(34)30-26(19-37-4)29-25-16-23(38-18-22-8-6-5-7-9-22)12-15-27(25)33(28(29)17-32-30)40(35,36)24-13-10-21(3)11-14-24;1-3-2/h5-17,20H,18-19H2,1-4H3;3H2,1-2H3. The summed E-state index contributed by atoms with van der Waals surface area (Å²) in [7, 11) is -2.53. The predicted octanol–water partition coefficient (Wildman–Crippen LogP) is 7.44. The minimum absolute atomic E-state index is 0.0195. The van der Waals surface area contributed by atoms with Crippen LogP contribution < -0.4 is 4.74 Å². The minimum Gasteiger partial charge on any atom is -0.489 e. The molecule has 0 N–H and O–H groups in total. The number of aromatic nitrogens is 2. The van der Waals surface area contributed by atoms with Crippen molar-refractivity contribution in [2.45, 2.75) is 65.3 Å². The van der Waals surface area contributed by atoms with E-state index in [2.05, 4.69) is 18.8 Å². The average Bonchev–Trinajstić information content (AvgIpc) is 3.32. The second-order valence-electron chi connectivity index (χ2n) is 10.5. The van der Waals surface area contributed by atoms with Gasteiger partial charge >= 0.3 is 5.97 Å². The first-order valence-electron chi connectivity index (χ1n) is 14.3. The Hall–Kier alpha value is -4.21. The van der Waals surface area contributed by atoms with Gasteiger partial charge in [0.1, 0.15) is 12.4 Å². The first-order valence-corrected chi connectivity index (χ1v) is 15.7. The van der Waals surface area contributed by atoms with Crippen LogP contribution in [0.1, 0.15) is 61.3 Å². The summed E-state index contributed by atoms with van der Waals surface area (Å²) >= 11 is 0. The molecule has 2 heterocycles. The first kappa shape index (κ1) is 31.7. The molecule has 5 rings (SSSR count). The molecule has 0 unspecified atom stereocenters. The number of carbonyl (C=O) groups excluding carboxylic acids is 1. The van der Waals surface area contributed by atoms with Gasteiger partial charge in [-0.1, -0.05) is 68.3 Å². The maximum absolute atomic E-state index is 14.0. The number of methoxy groups -OCH3 is 1. The van der Waals surface area contributed by atoms with Crippen molar-refractivity contribution in [3.8, 4) is 5.75 Å². The molecular weight excluding hydrogens is 564 g/mol. The summed E-state index contributed by atoms with van der Waals surface area (Å²) < 4.78 is 46.3. The first-order chi connectivity index (χ1) is 20.6. The fraction of sp³-hybridized carbons (Fsp3) is 0.294. The summed E-state index contributed by atoms with van der Waals surface area (Å²) in [4.78, 5) is 17.5. The number of esters is 1. The molecule has 0 radical (unpaired) electrons. The zero-order chi connectivity index (χ0) is 31.1. The van der Waals surface area contributed by atoms with Crippen molar-refractivity contribution in [1.29, 1.82) is 0 Å². The van der Waals surface area contributed by atoms with Crippen molar-refractivity contribution in [3.05, 3.63) is 101 Å². The van der Waals surface area contributed by atoms with E-state index in [0.29, 0.717) is 39.7 Å². The van der Waals surface area contributed by atoms with Crippen LogP contribution in [0.2, 0.25) is 0 Å². The largest absolute Gasteiger partial charge is 0.489 e. The number of hydrogen-bond donors (Lipinski definition) is 0. The lowest BCUT2D eigenvalue weighted by Gasteiger charge is -2.13. The van der Waals surface area contributed by atoms with Crippen molar-refractivity contribution in [1.82, 2.24) is 8.96 Å². The smallest absolute Gasteiger partial charge is 0.357 e. The number of rotatable bonds is 9. The third kappa shape index (κ3) is 6.89. The number of aryl methyl sites for hydroxylation is 1. The van der Waals surface area contributed by atoms with E-state index in [9.17, 15) is 13.2 Å². The SMILES string of the molecule is CCC.COCc1c(C(=O)OC(C)C)ncc2c1c1cc(OCc3ccccc3)ccc1n2S(=O)(=O)c1ccc(C)cc1. The molecule has 0 atom stereocenters. The van der Waals surface area contributed by atoms with Gasteiger partial charge in [-0.2, -0.15) is 0 Å². The van der Waals surface area contributed by atoms with Crippen molar-refractivity contribution in [2.24, 2.45) is 0 Å². The van der Waals surface area contributed by atoms with E-state index >= 15 is 0 Å². The molecule has 3 aromatic carbocycles. The number of benzene rings is 3. The average molecular weight is 603 g/mol. The highest BCUT2D eigenvalue weighted by atomic mass is 32.2. The summed E-state index contributed by atoms with van der Waals surface area (Å²) in [5.41, 5.74) is 3.20. The van der Waals surface area contributed by atoms with Gasteiger partial charge in [0, 0.05) is 23.4 Å². The Morgan fingerprint density at radius 1 is 0.930 bits per heavy atom. The number of hydrogen-bond acceptors (Lipinski definition) is 7. The van der Waals surface area contributed by atoms with Crippen LogP contribution in [-0.2, 0) is 32.7 Å². The molecule has 8 nitrogen and oxygen atoms in total. The second-order valence-corrected chi connectivity index (χ2v) is 12.3. The zero-order valence-corrected chi connectivity index (χ0v) is 26.3. The molecule has 0 bridgehead atoms. The third-order valence-corrected chi connectivity index (χ3v) is 8.21. The molecule has 9 heteroatoms. The Kier molecular flexibility index (Phi) is 10.2. The van der Waals surface area contributed by atoms with Gasteiger partial charge in [0.2, 0.25) is 0 Å². The lowest BCUT2D eigenvalue weighted by atomic mass is 10.1. The molecule has 0 saturated carbocycles. The topological polar surface area (TPSA) is 96.7 Å². The van der Waals surface area contributed by atoms with E-state index in [4.69, 9.17) is 14.2 Å². The molecule has 43 heavy (non-hydrogen) atoms. The molecule has 0 aliphatic carbocycles. The van der Waals surface area contributed by atoms with E-state index in [1.807, 2.05) is 37.3 Å². The van der Waals surface area contributed by atoms with E-state index < -0.39 is 16.0 Å². The van der Waals surface area contributed by atoms with Crippen LogP contribution in [0, 0.1) is 6.92 Å². The highest BCUT2D eigenvalue weighted by molar-refractivity contribution is 7.90. The van der Waals surface area contributed by atoms with Gasteiger partial charge in [0.05, 0.1) is 34.8 Å². The van der Waals surface area contributed by atoms with Crippen molar-refractivity contribution in [3.63, 3.8) is 0 Å². The van der Waals surface area contributed by atoms with Gasteiger partial charge in [0.25, 0.3) is 10.0 Å². The van der Waals surface area contributed by atoms with Crippen molar-refractivity contribution >= 4 is 37.8 Å². The highest BCUT2D eigenvalue weighted by Gasteiger charge is 2.28. The van der Waals surface area contributed by atoms with Crippen LogP contribution in [-0.4, -0.2) is 36.6 Å². The fourth-order valence-electron chi connectivity index (χ4n) is 4.65. The molecule has 0 saturated heterocycles. The molecular formula is C34H38N2O6S. The lowest BCUT2D eigenvalue weighted by Crippen LogP contribution is -2.17. The summed E-state index contributed by atoms with van der Waals surface area (Å²) in [6.07, 6.45) is 2.29. The molecule has 0 aliphatic heterocycles. The molecule has 0 aliphatic rings. The number of pyridine rings is 1. The molecule has 5 aromatic rings. The Bertz CT molecular complexity index is 1810. The van der Waals surface area contributed by atoms with Gasteiger partial charge < -0.3 is 14.2 Å². The lowest BCUT2D eigenvalue weighted by molar-refractivity contribution is 0.0366. The van der Waals surface area contributed by atoms with Gasteiger partial charge in [-0.25, -0.2) is 22.2 Å². The second kappa shape index (κ2) is 13.8. The minimum atomic E-state index is -4.04. The Balaban J connectivity index is 0.00000135. The van der Waals surface area contributed by atoms with Gasteiger partial charge in [0.15, 0.2) is 5.69 Å². The zero-order valence-electron chi connectivity index (χ0n) is 25.5. The maximum Gasteiger partial charge on any atom is 0.357 e. The van der Waals surface area contributed by atoms with Gasteiger partial charge in [-0.15, -0.1) is 0 Å². The summed E-state index contributed by atoms with van der Waals surface area (Å²) in [6.45, 7) is 10.0. The molecule has 0 fully saturated rings. The molecule has 226 valence electrons. The van der Waals surface area contributed by atoms with E-state index in [1.54, 1.807) is 56.3 Å². The fourth-order valence-corrected chi connectivity index (χ4v) is 6.16. The van der Waals surface area contributed by atoms with Gasteiger partial charge in [-0.3, -0.25) is 0 Å². The van der Waals surface area contributed by atoms with Crippen LogP contribution in [0.25, 0.3) is 21.8 Å². The van der Waals surface area contributed by atoms with Crippen molar-refractivity contribution in [2.75, 3.05) is 7.11 Å². The van der Waals surface area contributed by atoms with Crippen LogP contribution in [0.15, 0.2) is 83.9 Å². The molecule has 0 spiro atoms. The Labute approximate surface area is 253 Å². The summed E-state index contributed by atoms with van der Waals surface area (Å²) in [5, 5.41) is 1.12. The van der Waals surface area contributed by atoms with E-state index in [-0.39, 0.29) is 23.3 Å². The van der Waals surface area contributed by atoms with E-state index in [1.165, 1.54) is 23.7 Å². The molecule has 0 amide bonds. The third-order valence-electron chi connectivity index (χ3n) is 6.47. The predicted molar refractivity (Wildman–Crippen MR) is 169 cm³/mol. The Morgan fingerprint density at radius 3 is 2.23 bits per heavy atom. The van der Waals surface area contributed by atoms with E-state index in [0.717, 1.165) is 11.1 Å². The highest BCUT2D eigenvalue weighted by Crippen LogP contribution is 2.38. The quantitative estimate of drug-likeness (QED) is 0.162.